The smallest absolute Gasteiger partial charge is 0.0811 e. The van der Waals surface area contributed by atoms with E-state index in [9.17, 15) is 0 Å². The maximum Gasteiger partial charge on any atom is 0.0811 e. The molecule has 0 saturated carbocycles. The van der Waals surface area contributed by atoms with Crippen LogP contribution in [0.25, 0.3) is 0 Å². The third-order valence-electron chi connectivity index (χ3n) is 1.01. The van der Waals surface area contributed by atoms with Gasteiger partial charge in [0.1, 0.15) is 0 Å². The predicted octanol–water partition coefficient (Wildman–Crippen LogP) is 2.07. The molecule has 2 unspecified atom stereocenters. The number of rotatable bonds is 0. The summed E-state index contributed by atoms with van der Waals surface area (Å²) in [7, 11) is 0. The van der Waals surface area contributed by atoms with Crippen LogP contribution in [-0.4, -0.2) is 12.2 Å². The SMILES string of the molecule is C.C.CC1OC1C. The van der Waals surface area contributed by atoms with Crippen molar-refractivity contribution in [2.45, 2.75) is 40.9 Å². The molecule has 0 bridgehead atoms. The second-order valence-electron chi connectivity index (χ2n) is 1.55. The van der Waals surface area contributed by atoms with Gasteiger partial charge in [0.25, 0.3) is 0 Å². The minimum atomic E-state index is 0. The second kappa shape index (κ2) is 3.03. The van der Waals surface area contributed by atoms with Crippen molar-refractivity contribution in [2.75, 3.05) is 0 Å². The third kappa shape index (κ3) is 2.63. The van der Waals surface area contributed by atoms with E-state index < -0.39 is 0 Å². The molecule has 0 radical (unpaired) electrons. The minimum Gasteiger partial charge on any atom is -0.370 e. The lowest BCUT2D eigenvalue weighted by atomic mass is 10.4. The highest BCUT2D eigenvalue weighted by atomic mass is 16.6. The summed E-state index contributed by atoms with van der Waals surface area (Å²) in [6.07, 6.45) is 1.10. The highest BCUT2D eigenvalue weighted by Gasteiger charge is 2.27. The molecule has 46 valence electrons. The highest BCUT2D eigenvalue weighted by Crippen LogP contribution is 2.18. The van der Waals surface area contributed by atoms with Crippen molar-refractivity contribution in [3.05, 3.63) is 0 Å². The van der Waals surface area contributed by atoms with Crippen LogP contribution in [0.3, 0.4) is 0 Å². The molecule has 2 atom stereocenters. The van der Waals surface area contributed by atoms with Gasteiger partial charge >= 0.3 is 0 Å². The lowest BCUT2D eigenvalue weighted by molar-refractivity contribution is 0.389. The van der Waals surface area contributed by atoms with E-state index in [2.05, 4.69) is 13.8 Å². The van der Waals surface area contributed by atoms with Gasteiger partial charge in [0.15, 0.2) is 0 Å². The van der Waals surface area contributed by atoms with Crippen LogP contribution in [0.1, 0.15) is 28.7 Å². The van der Waals surface area contributed by atoms with Crippen LogP contribution < -0.4 is 0 Å². The molecule has 0 aromatic rings. The van der Waals surface area contributed by atoms with E-state index in [1.165, 1.54) is 0 Å². The van der Waals surface area contributed by atoms with Gasteiger partial charge < -0.3 is 4.74 Å². The van der Waals surface area contributed by atoms with Crippen LogP contribution in [0.4, 0.5) is 0 Å². The summed E-state index contributed by atoms with van der Waals surface area (Å²) < 4.78 is 4.92. The fourth-order valence-corrected chi connectivity index (χ4v) is 0.293. The Morgan fingerprint density at radius 2 is 1.14 bits per heavy atom. The van der Waals surface area contributed by atoms with Crippen LogP contribution in [0.5, 0.6) is 0 Å². The average Bonchev–Trinajstić information content (AvgIpc) is 1.79. The van der Waals surface area contributed by atoms with Crippen molar-refractivity contribution in [1.29, 1.82) is 0 Å². The van der Waals surface area contributed by atoms with Gasteiger partial charge in [0, 0.05) is 0 Å². The van der Waals surface area contributed by atoms with Crippen LogP contribution in [-0.2, 0) is 4.74 Å². The molecule has 0 N–H and O–H groups in total. The van der Waals surface area contributed by atoms with Crippen molar-refractivity contribution in [3.8, 4) is 0 Å². The maximum absolute atomic E-state index is 4.92. The van der Waals surface area contributed by atoms with Gasteiger partial charge in [-0.05, 0) is 13.8 Å². The van der Waals surface area contributed by atoms with Gasteiger partial charge in [-0.25, -0.2) is 0 Å². The lowest BCUT2D eigenvalue weighted by Crippen LogP contribution is -1.74. The van der Waals surface area contributed by atoms with Gasteiger partial charge in [-0.15, -0.1) is 0 Å². The zero-order chi connectivity index (χ0) is 3.86. The molecule has 0 amide bonds. The van der Waals surface area contributed by atoms with E-state index in [1.807, 2.05) is 0 Å². The van der Waals surface area contributed by atoms with Gasteiger partial charge in [0.2, 0.25) is 0 Å². The summed E-state index contributed by atoms with van der Waals surface area (Å²) in [6, 6.07) is 0. The Bertz CT molecular complexity index is 37.4. The number of ether oxygens (including phenoxy) is 1. The fourth-order valence-electron chi connectivity index (χ4n) is 0.293. The summed E-state index contributed by atoms with van der Waals surface area (Å²) in [5.41, 5.74) is 0. The van der Waals surface area contributed by atoms with Crippen LogP contribution in [0.2, 0.25) is 0 Å². The van der Waals surface area contributed by atoms with E-state index in [-0.39, 0.29) is 14.9 Å². The van der Waals surface area contributed by atoms with Crippen LogP contribution in [0, 0.1) is 0 Å². The van der Waals surface area contributed by atoms with Crippen molar-refractivity contribution < 1.29 is 4.74 Å². The Hall–Kier alpha value is -0.0400. The molecule has 1 nitrogen and oxygen atoms in total. The molecular formula is C6H16O. The first-order valence-electron chi connectivity index (χ1n) is 1.96. The van der Waals surface area contributed by atoms with E-state index in [1.54, 1.807) is 0 Å². The molecule has 1 aliphatic heterocycles. The normalized spacial score (nSPS) is 35.1. The molecule has 0 aromatic heterocycles. The van der Waals surface area contributed by atoms with Crippen LogP contribution in [0.15, 0.2) is 0 Å². The van der Waals surface area contributed by atoms with Crippen molar-refractivity contribution in [1.82, 2.24) is 0 Å². The Morgan fingerprint density at radius 1 is 1.00 bits per heavy atom. The van der Waals surface area contributed by atoms with E-state index >= 15 is 0 Å². The predicted molar refractivity (Wildman–Crippen MR) is 33.5 cm³/mol. The molecular weight excluding hydrogens is 88.1 g/mol. The highest BCUT2D eigenvalue weighted by molar-refractivity contribution is 4.73. The number of epoxide rings is 1. The van der Waals surface area contributed by atoms with E-state index in [0.29, 0.717) is 12.2 Å². The van der Waals surface area contributed by atoms with Crippen molar-refractivity contribution in [3.63, 3.8) is 0 Å². The Morgan fingerprint density at radius 3 is 1.14 bits per heavy atom. The molecule has 0 spiro atoms. The summed E-state index contributed by atoms with van der Waals surface area (Å²) >= 11 is 0. The van der Waals surface area contributed by atoms with Gasteiger partial charge in [-0.3, -0.25) is 0 Å². The van der Waals surface area contributed by atoms with Crippen LogP contribution >= 0.6 is 0 Å². The molecule has 1 saturated heterocycles. The summed E-state index contributed by atoms with van der Waals surface area (Å²) in [6.45, 7) is 4.15. The fraction of sp³-hybridized carbons (Fsp3) is 1.00. The molecule has 7 heavy (non-hydrogen) atoms. The van der Waals surface area contributed by atoms with E-state index in [4.69, 9.17) is 4.74 Å². The Labute approximate surface area is 46.7 Å². The summed E-state index contributed by atoms with van der Waals surface area (Å²) in [4.78, 5) is 0. The Kier molecular flexibility index (Phi) is 4.35. The first-order chi connectivity index (χ1) is 2.30. The number of hydrogen-bond acceptors (Lipinski definition) is 1. The molecule has 1 fully saturated rings. The average molecular weight is 104 g/mol. The second-order valence-corrected chi connectivity index (χ2v) is 1.55. The quantitative estimate of drug-likeness (QED) is 0.428. The van der Waals surface area contributed by atoms with Crippen molar-refractivity contribution in [2.24, 2.45) is 0 Å². The first kappa shape index (κ1) is 10.0. The van der Waals surface area contributed by atoms with Gasteiger partial charge in [0.05, 0.1) is 12.2 Å². The monoisotopic (exact) mass is 104 g/mol. The summed E-state index contributed by atoms with van der Waals surface area (Å²) in [5.74, 6) is 0. The molecule has 1 rings (SSSR count). The number of hydrogen-bond donors (Lipinski definition) is 0. The molecule has 0 aliphatic carbocycles. The van der Waals surface area contributed by atoms with Gasteiger partial charge in [-0.2, -0.15) is 0 Å². The zero-order valence-corrected chi connectivity index (χ0v) is 3.56. The first-order valence-corrected chi connectivity index (χ1v) is 1.96. The maximum atomic E-state index is 4.92. The molecule has 1 heterocycles. The standard InChI is InChI=1S/C4H8O.2CH4/c1-3-4(2)5-3;;/h3-4H,1-2H3;2*1H4. The minimum absolute atomic E-state index is 0. The van der Waals surface area contributed by atoms with Gasteiger partial charge in [-0.1, -0.05) is 14.9 Å². The molecule has 1 heteroatoms. The molecule has 1 aliphatic rings. The van der Waals surface area contributed by atoms with Crippen molar-refractivity contribution >= 4 is 0 Å². The summed E-state index contributed by atoms with van der Waals surface area (Å²) in [5, 5.41) is 0. The largest absolute Gasteiger partial charge is 0.370 e. The lowest BCUT2D eigenvalue weighted by Gasteiger charge is -1.57. The Balaban J connectivity index is 0. The molecule has 0 aromatic carbocycles. The third-order valence-corrected chi connectivity index (χ3v) is 1.01. The van der Waals surface area contributed by atoms with E-state index in [0.717, 1.165) is 0 Å². The zero-order valence-electron chi connectivity index (χ0n) is 3.56. The topological polar surface area (TPSA) is 12.5 Å².